The number of aromatic nitrogens is 1. The Bertz CT molecular complexity index is 1320. The van der Waals surface area contributed by atoms with Crippen LogP contribution in [0.15, 0.2) is 53.5 Å². The Hall–Kier alpha value is -4.49. The number of benzene rings is 2. The van der Waals surface area contributed by atoms with Crippen LogP contribution in [0.3, 0.4) is 0 Å². The monoisotopic (exact) mass is 540 g/mol. The molecule has 0 saturated carbocycles. The summed E-state index contributed by atoms with van der Waals surface area (Å²) >= 11 is 1.01. The van der Waals surface area contributed by atoms with Crippen LogP contribution in [0.25, 0.3) is 0 Å². The quantitative estimate of drug-likeness (QED) is 0.130. The number of thiazole rings is 1. The number of amides is 2. The Morgan fingerprint density at radius 2 is 1.84 bits per heavy atom. The van der Waals surface area contributed by atoms with Crippen molar-refractivity contribution in [1.82, 2.24) is 10.3 Å². The normalized spacial score (nSPS) is 11.3. The summed E-state index contributed by atoms with van der Waals surface area (Å²) in [6, 6.07) is 12.5. The minimum atomic E-state index is -1.07. The number of carbonyl (C=O) groups is 3. The lowest BCUT2D eigenvalue weighted by Crippen LogP contribution is -2.30. The number of ether oxygens (including phenoxy) is 2. The fraction of sp³-hybridized carbons (Fsp3) is 0.240. The number of anilines is 1. The number of hydrogen-bond acceptors (Lipinski definition) is 8. The van der Waals surface area contributed by atoms with Crippen molar-refractivity contribution in [3.63, 3.8) is 0 Å². The minimum Gasteiger partial charge on any atom is -0.490 e. The van der Waals surface area contributed by atoms with Crippen LogP contribution in [-0.2, 0) is 9.53 Å². The molecule has 0 spiro atoms. The van der Waals surface area contributed by atoms with Gasteiger partial charge in [-0.25, -0.2) is 4.98 Å². The molecule has 7 N–H and O–H groups in total. The van der Waals surface area contributed by atoms with Crippen LogP contribution in [-0.4, -0.2) is 54.2 Å². The second kappa shape index (κ2) is 13.2. The Morgan fingerprint density at radius 1 is 1.11 bits per heavy atom. The smallest absolute Gasteiger partial charge is 0.305 e. The van der Waals surface area contributed by atoms with Crippen LogP contribution in [0.1, 0.15) is 43.7 Å². The number of carboxylic acid groups (broad SMARTS) is 1. The van der Waals surface area contributed by atoms with Gasteiger partial charge in [-0.3, -0.25) is 14.4 Å². The zero-order chi connectivity index (χ0) is 27.7. The average molecular weight is 541 g/mol. The Balaban J connectivity index is 1.89. The molecule has 0 aliphatic carbocycles. The van der Waals surface area contributed by atoms with E-state index < -0.39 is 23.8 Å². The first-order valence-corrected chi connectivity index (χ1v) is 12.2. The zero-order valence-electron chi connectivity index (χ0n) is 20.8. The second-order valence-electron chi connectivity index (χ2n) is 7.99. The van der Waals surface area contributed by atoms with E-state index in [0.717, 1.165) is 11.3 Å². The van der Waals surface area contributed by atoms with E-state index >= 15 is 0 Å². The molecular weight excluding hydrogens is 512 g/mol. The average Bonchev–Trinajstić information content (AvgIpc) is 3.23. The third kappa shape index (κ3) is 7.75. The lowest BCUT2D eigenvalue weighted by atomic mass is 10.0. The number of nitrogens with two attached hydrogens (primary N) is 2. The lowest BCUT2D eigenvalue weighted by molar-refractivity contribution is -0.137. The van der Waals surface area contributed by atoms with Gasteiger partial charge in [-0.2, -0.15) is 4.99 Å². The molecule has 0 aliphatic heterocycles. The largest absolute Gasteiger partial charge is 0.490 e. The predicted molar refractivity (Wildman–Crippen MR) is 143 cm³/mol. The van der Waals surface area contributed by atoms with E-state index in [9.17, 15) is 19.5 Å². The number of carbonyl (C=O) groups excluding carboxylic acids is 2. The van der Waals surface area contributed by atoms with E-state index in [1.165, 1.54) is 13.2 Å². The van der Waals surface area contributed by atoms with Crippen molar-refractivity contribution < 1.29 is 29.0 Å². The number of aliphatic carboxylic acids is 1. The minimum absolute atomic E-state index is 0.104. The molecule has 3 aromatic rings. The number of methoxy groups -OCH3 is 1. The summed E-state index contributed by atoms with van der Waals surface area (Å²) in [4.78, 5) is 46.1. The van der Waals surface area contributed by atoms with E-state index in [1.54, 1.807) is 49.4 Å². The molecular formula is C25H28N6O6S. The highest BCUT2D eigenvalue weighted by atomic mass is 32.1. The number of rotatable bonds is 12. The van der Waals surface area contributed by atoms with Crippen LogP contribution < -0.4 is 26.8 Å². The number of nitrogens with zero attached hydrogens (tertiary/aromatic N) is 2. The second-order valence-corrected chi connectivity index (χ2v) is 8.97. The fourth-order valence-electron chi connectivity index (χ4n) is 3.43. The SMILES string of the molecule is COCCOc1ccc(NC(=O)c2sc(N=C(N)N)nc2C)cc1C(=O)N[C@@H](CC(=O)O)c1ccccc1. The standard InChI is InChI=1S/C25H28N6O6S/c1-14-21(38-25(28-14)31-24(26)27)23(35)29-16-8-9-19(37-11-10-36-2)17(12-16)22(34)30-18(13-20(32)33)15-6-4-3-5-7-15/h3-9,12,18H,10-11,13H2,1-2H3,(H,29,35)(H,30,34)(H,32,33)(H4,26,27,28,31)/t18-/m0/s1. The number of carboxylic acids is 1. The first kappa shape index (κ1) is 28.1. The van der Waals surface area contributed by atoms with Gasteiger partial charge in [0.25, 0.3) is 11.8 Å². The summed E-state index contributed by atoms with van der Waals surface area (Å²) in [5.41, 5.74) is 12.3. The van der Waals surface area contributed by atoms with Crippen molar-refractivity contribution in [1.29, 1.82) is 0 Å². The Morgan fingerprint density at radius 3 is 2.50 bits per heavy atom. The van der Waals surface area contributed by atoms with Gasteiger partial charge in [-0.15, -0.1) is 0 Å². The van der Waals surface area contributed by atoms with E-state index in [0.29, 0.717) is 21.8 Å². The Labute approximate surface area is 222 Å². The van der Waals surface area contributed by atoms with Crippen LogP contribution in [0.4, 0.5) is 10.8 Å². The number of hydrogen-bond donors (Lipinski definition) is 5. The van der Waals surface area contributed by atoms with Gasteiger partial charge in [0.15, 0.2) is 5.96 Å². The molecule has 0 radical (unpaired) electrons. The summed E-state index contributed by atoms with van der Waals surface area (Å²) in [6.07, 6.45) is -0.325. The van der Waals surface area contributed by atoms with Gasteiger partial charge >= 0.3 is 5.97 Å². The first-order chi connectivity index (χ1) is 18.2. The highest BCUT2D eigenvalue weighted by molar-refractivity contribution is 7.17. The molecule has 3 rings (SSSR count). The maximum absolute atomic E-state index is 13.4. The van der Waals surface area contributed by atoms with Gasteiger partial charge in [0, 0.05) is 12.8 Å². The van der Waals surface area contributed by atoms with Gasteiger partial charge in [0.2, 0.25) is 5.13 Å². The van der Waals surface area contributed by atoms with Crippen LogP contribution in [0.5, 0.6) is 5.75 Å². The molecule has 0 aliphatic rings. The van der Waals surface area contributed by atoms with E-state index in [2.05, 4.69) is 20.6 Å². The van der Waals surface area contributed by atoms with Crippen molar-refractivity contribution in [2.45, 2.75) is 19.4 Å². The highest BCUT2D eigenvalue weighted by Gasteiger charge is 2.22. The number of guanidine groups is 1. The summed E-state index contributed by atoms with van der Waals surface area (Å²) in [5, 5.41) is 15.1. The molecule has 12 nitrogen and oxygen atoms in total. The molecule has 1 aromatic heterocycles. The topological polar surface area (TPSA) is 191 Å². The van der Waals surface area contributed by atoms with Crippen molar-refractivity contribution >= 4 is 45.9 Å². The summed E-state index contributed by atoms with van der Waals surface area (Å²) < 4.78 is 10.7. The first-order valence-electron chi connectivity index (χ1n) is 11.4. The summed E-state index contributed by atoms with van der Waals surface area (Å²) in [6.45, 7) is 2.11. The maximum atomic E-state index is 13.4. The molecule has 0 bridgehead atoms. The maximum Gasteiger partial charge on any atom is 0.305 e. The molecule has 0 unspecified atom stereocenters. The predicted octanol–water partition coefficient (Wildman–Crippen LogP) is 2.58. The van der Waals surface area contributed by atoms with Crippen molar-refractivity contribution in [3.05, 3.63) is 70.2 Å². The fourth-order valence-corrected chi connectivity index (χ4v) is 4.29. The van der Waals surface area contributed by atoms with Gasteiger partial charge in [-0.05, 0) is 30.7 Å². The van der Waals surface area contributed by atoms with Crippen molar-refractivity contribution in [2.75, 3.05) is 25.6 Å². The number of aliphatic imine (C=N–C) groups is 1. The van der Waals surface area contributed by atoms with E-state index in [4.69, 9.17) is 20.9 Å². The van der Waals surface area contributed by atoms with Crippen LogP contribution in [0, 0.1) is 6.92 Å². The van der Waals surface area contributed by atoms with Gasteiger partial charge in [0.05, 0.1) is 30.3 Å². The van der Waals surface area contributed by atoms with Crippen molar-refractivity contribution in [3.8, 4) is 5.75 Å². The highest BCUT2D eigenvalue weighted by Crippen LogP contribution is 2.28. The number of nitrogens with one attached hydrogen (secondary N) is 2. The van der Waals surface area contributed by atoms with Gasteiger partial charge < -0.3 is 36.7 Å². The van der Waals surface area contributed by atoms with Gasteiger partial charge in [0.1, 0.15) is 17.2 Å². The molecule has 38 heavy (non-hydrogen) atoms. The number of aryl methyl sites for hydroxylation is 1. The molecule has 1 atom stereocenters. The molecule has 13 heteroatoms. The summed E-state index contributed by atoms with van der Waals surface area (Å²) in [7, 11) is 1.52. The lowest BCUT2D eigenvalue weighted by Gasteiger charge is -2.19. The molecule has 0 saturated heterocycles. The molecule has 200 valence electrons. The Kier molecular flexibility index (Phi) is 9.73. The molecule has 2 amide bonds. The van der Waals surface area contributed by atoms with E-state index in [1.807, 2.05) is 0 Å². The third-order valence-electron chi connectivity index (χ3n) is 5.13. The zero-order valence-corrected chi connectivity index (χ0v) is 21.6. The van der Waals surface area contributed by atoms with Crippen LogP contribution in [0.2, 0.25) is 0 Å². The molecule has 1 heterocycles. The van der Waals surface area contributed by atoms with Gasteiger partial charge in [-0.1, -0.05) is 41.7 Å². The van der Waals surface area contributed by atoms with E-state index in [-0.39, 0.29) is 42.0 Å². The molecule has 2 aromatic carbocycles. The van der Waals surface area contributed by atoms with Crippen LogP contribution >= 0.6 is 11.3 Å². The third-order valence-corrected chi connectivity index (χ3v) is 6.18. The molecule has 0 fully saturated rings. The van der Waals surface area contributed by atoms with Crippen molar-refractivity contribution in [2.24, 2.45) is 16.5 Å². The summed E-state index contributed by atoms with van der Waals surface area (Å²) in [5.74, 6) is -2.06.